The molecule has 1 aromatic rings. The highest BCUT2D eigenvalue weighted by atomic mass is 16.5. The van der Waals surface area contributed by atoms with Gasteiger partial charge in [-0.25, -0.2) is 0 Å². The second-order valence-electron chi connectivity index (χ2n) is 6.43. The Morgan fingerprint density at radius 1 is 1.00 bits per heavy atom. The zero-order valence-electron chi connectivity index (χ0n) is 15.7. The van der Waals surface area contributed by atoms with E-state index in [1.165, 1.54) is 6.92 Å². The zero-order valence-corrected chi connectivity index (χ0v) is 15.7. The Balaban J connectivity index is 1.84. The number of carbonyl (C=O) groups excluding carboxylic acids is 3. The maximum absolute atomic E-state index is 12.4. The first kappa shape index (κ1) is 19.8. The maximum Gasteiger partial charge on any atom is 0.224 e. The van der Waals surface area contributed by atoms with Crippen molar-refractivity contribution in [1.29, 1.82) is 0 Å². The van der Waals surface area contributed by atoms with Crippen molar-refractivity contribution >= 4 is 17.7 Å². The van der Waals surface area contributed by atoms with Gasteiger partial charge in [-0.3, -0.25) is 14.4 Å². The van der Waals surface area contributed by atoms with Crippen LogP contribution in [0.5, 0.6) is 5.75 Å². The Hall–Kier alpha value is -2.57. The van der Waals surface area contributed by atoms with Crippen molar-refractivity contribution in [3.05, 3.63) is 29.8 Å². The highest BCUT2D eigenvalue weighted by Gasteiger charge is 2.23. The number of carbonyl (C=O) groups is 3. The van der Waals surface area contributed by atoms with Crippen molar-refractivity contribution < 1.29 is 19.1 Å². The van der Waals surface area contributed by atoms with Crippen LogP contribution >= 0.6 is 0 Å². The number of hydrogen-bond acceptors (Lipinski definition) is 4. The van der Waals surface area contributed by atoms with E-state index in [4.69, 9.17) is 4.74 Å². The summed E-state index contributed by atoms with van der Waals surface area (Å²) in [6.45, 7) is 6.15. The van der Waals surface area contributed by atoms with E-state index in [1.807, 2.05) is 24.3 Å². The molecule has 142 valence electrons. The largest absolute Gasteiger partial charge is 0.497 e. The van der Waals surface area contributed by atoms with E-state index < -0.39 is 0 Å². The summed E-state index contributed by atoms with van der Waals surface area (Å²) in [5, 5.41) is 0. The molecule has 1 aliphatic heterocycles. The van der Waals surface area contributed by atoms with Gasteiger partial charge in [0.2, 0.25) is 17.7 Å². The second kappa shape index (κ2) is 9.22. The first-order valence-electron chi connectivity index (χ1n) is 8.82. The average molecular weight is 361 g/mol. The zero-order chi connectivity index (χ0) is 19.1. The molecule has 1 aliphatic rings. The van der Waals surface area contributed by atoms with Crippen LogP contribution in [-0.2, 0) is 20.9 Å². The monoisotopic (exact) mass is 361 g/mol. The lowest BCUT2D eigenvalue weighted by Gasteiger charge is -2.34. The van der Waals surface area contributed by atoms with Gasteiger partial charge in [-0.05, 0) is 17.7 Å². The molecule has 0 bridgehead atoms. The summed E-state index contributed by atoms with van der Waals surface area (Å²) in [5.74, 6) is 0.770. The number of nitrogens with zero attached hydrogens (tertiary/aromatic N) is 3. The van der Waals surface area contributed by atoms with Gasteiger partial charge in [0.05, 0.1) is 7.11 Å². The fourth-order valence-corrected chi connectivity index (χ4v) is 2.96. The van der Waals surface area contributed by atoms with Crippen molar-refractivity contribution in [3.63, 3.8) is 0 Å². The summed E-state index contributed by atoms with van der Waals surface area (Å²) in [5.41, 5.74) is 0.989. The van der Waals surface area contributed by atoms with E-state index >= 15 is 0 Å². The number of rotatable bonds is 6. The number of benzene rings is 1. The summed E-state index contributed by atoms with van der Waals surface area (Å²) in [6.07, 6.45) is 0.288. The van der Waals surface area contributed by atoms with Gasteiger partial charge in [0, 0.05) is 59.5 Å². The average Bonchev–Trinajstić information content (AvgIpc) is 2.65. The quantitative estimate of drug-likeness (QED) is 0.761. The van der Waals surface area contributed by atoms with Gasteiger partial charge in [0.15, 0.2) is 0 Å². The predicted octanol–water partition coefficient (Wildman–Crippen LogP) is 1.12. The molecule has 0 N–H and O–H groups in total. The summed E-state index contributed by atoms with van der Waals surface area (Å²) in [7, 11) is 1.61. The van der Waals surface area contributed by atoms with Gasteiger partial charge < -0.3 is 19.4 Å². The molecule has 7 heteroatoms. The third kappa shape index (κ3) is 5.47. The minimum absolute atomic E-state index is 0.0224. The third-order valence-electron chi connectivity index (χ3n) is 4.65. The molecule has 0 aromatic heterocycles. The Labute approximate surface area is 154 Å². The molecule has 3 amide bonds. The van der Waals surface area contributed by atoms with E-state index in [9.17, 15) is 14.4 Å². The highest BCUT2D eigenvalue weighted by Crippen LogP contribution is 2.14. The number of methoxy groups -OCH3 is 1. The minimum Gasteiger partial charge on any atom is -0.497 e. The lowest BCUT2D eigenvalue weighted by atomic mass is 10.2. The van der Waals surface area contributed by atoms with Crippen LogP contribution in [0.25, 0.3) is 0 Å². The third-order valence-corrected chi connectivity index (χ3v) is 4.65. The molecule has 1 fully saturated rings. The number of ether oxygens (including phenoxy) is 1. The standard InChI is InChI=1S/C19H27N3O4/c1-15(23)20-10-12-21(13-11-20)19(25)8-9-22(16(2)24)14-17-4-6-18(26-3)7-5-17/h4-7H,8-14H2,1-3H3. The first-order chi connectivity index (χ1) is 12.4. The van der Waals surface area contributed by atoms with Crippen LogP contribution in [0.15, 0.2) is 24.3 Å². The Morgan fingerprint density at radius 2 is 1.58 bits per heavy atom. The molecule has 7 nitrogen and oxygen atoms in total. The molecule has 0 radical (unpaired) electrons. The van der Waals surface area contributed by atoms with Gasteiger partial charge in [0.1, 0.15) is 5.75 Å². The second-order valence-corrected chi connectivity index (χ2v) is 6.43. The SMILES string of the molecule is COc1ccc(CN(CCC(=O)N2CCN(C(C)=O)CC2)C(C)=O)cc1. The summed E-state index contributed by atoms with van der Waals surface area (Å²) < 4.78 is 5.13. The van der Waals surface area contributed by atoms with Crippen LogP contribution in [0, 0.1) is 0 Å². The Kier molecular flexibility index (Phi) is 7.00. The van der Waals surface area contributed by atoms with Crippen LogP contribution in [-0.4, -0.2) is 72.3 Å². The molecule has 0 spiro atoms. The molecule has 1 aromatic carbocycles. The molecular weight excluding hydrogens is 334 g/mol. The van der Waals surface area contributed by atoms with Crippen molar-refractivity contribution in [3.8, 4) is 5.75 Å². The lowest BCUT2D eigenvalue weighted by Crippen LogP contribution is -2.50. The maximum atomic E-state index is 12.4. The van der Waals surface area contributed by atoms with Gasteiger partial charge >= 0.3 is 0 Å². The van der Waals surface area contributed by atoms with E-state index in [2.05, 4.69) is 0 Å². The van der Waals surface area contributed by atoms with Crippen molar-refractivity contribution in [2.24, 2.45) is 0 Å². The van der Waals surface area contributed by atoms with E-state index in [0.29, 0.717) is 39.3 Å². The van der Waals surface area contributed by atoms with Crippen LogP contribution < -0.4 is 4.74 Å². The molecule has 26 heavy (non-hydrogen) atoms. The normalized spacial score (nSPS) is 14.1. The number of hydrogen-bond donors (Lipinski definition) is 0. The minimum atomic E-state index is -0.0602. The van der Waals surface area contributed by atoms with Gasteiger partial charge in [-0.2, -0.15) is 0 Å². The van der Waals surface area contributed by atoms with E-state index in [1.54, 1.807) is 28.7 Å². The first-order valence-corrected chi connectivity index (χ1v) is 8.82. The van der Waals surface area contributed by atoms with Crippen LogP contribution in [0.3, 0.4) is 0 Å². The fraction of sp³-hybridized carbons (Fsp3) is 0.526. The summed E-state index contributed by atoms with van der Waals surface area (Å²) in [6, 6.07) is 7.54. The van der Waals surface area contributed by atoms with Gasteiger partial charge in [-0.1, -0.05) is 12.1 Å². The fourth-order valence-electron chi connectivity index (χ4n) is 2.96. The molecule has 0 aliphatic carbocycles. The summed E-state index contributed by atoms with van der Waals surface area (Å²) in [4.78, 5) is 40.9. The van der Waals surface area contributed by atoms with E-state index in [0.717, 1.165) is 11.3 Å². The van der Waals surface area contributed by atoms with E-state index in [-0.39, 0.29) is 24.1 Å². The number of amides is 3. The summed E-state index contributed by atoms with van der Waals surface area (Å²) >= 11 is 0. The Morgan fingerprint density at radius 3 is 2.08 bits per heavy atom. The van der Waals surface area contributed by atoms with Crippen LogP contribution in [0.2, 0.25) is 0 Å². The van der Waals surface area contributed by atoms with Crippen molar-refractivity contribution in [2.75, 3.05) is 39.8 Å². The molecule has 0 saturated carbocycles. The highest BCUT2D eigenvalue weighted by molar-refractivity contribution is 5.79. The topological polar surface area (TPSA) is 70.2 Å². The molecule has 2 rings (SSSR count). The molecule has 0 atom stereocenters. The number of piperazine rings is 1. The molecule has 1 heterocycles. The Bertz CT molecular complexity index is 637. The van der Waals surface area contributed by atoms with Crippen LogP contribution in [0.4, 0.5) is 0 Å². The van der Waals surface area contributed by atoms with Crippen molar-refractivity contribution in [2.45, 2.75) is 26.8 Å². The lowest BCUT2D eigenvalue weighted by molar-refractivity contribution is -0.139. The van der Waals surface area contributed by atoms with Gasteiger partial charge in [-0.15, -0.1) is 0 Å². The predicted molar refractivity (Wildman–Crippen MR) is 97.5 cm³/mol. The molecule has 0 unspecified atom stereocenters. The molecule has 1 saturated heterocycles. The van der Waals surface area contributed by atoms with Gasteiger partial charge in [0.25, 0.3) is 0 Å². The van der Waals surface area contributed by atoms with Crippen molar-refractivity contribution in [1.82, 2.24) is 14.7 Å². The molecular formula is C19H27N3O4. The van der Waals surface area contributed by atoms with Crippen LogP contribution in [0.1, 0.15) is 25.8 Å². The smallest absolute Gasteiger partial charge is 0.224 e.